The van der Waals surface area contributed by atoms with Gasteiger partial charge in [0.25, 0.3) is 5.91 Å². The maximum atomic E-state index is 11.7. The molecule has 0 atom stereocenters. The van der Waals surface area contributed by atoms with Crippen molar-refractivity contribution in [3.05, 3.63) is 18.0 Å². The summed E-state index contributed by atoms with van der Waals surface area (Å²) in [6.07, 6.45) is 5.64. The van der Waals surface area contributed by atoms with Crippen molar-refractivity contribution in [1.29, 1.82) is 0 Å². The Bertz CT molecular complexity index is 422. The number of hydrogen-bond donors (Lipinski definition) is 3. The maximum absolute atomic E-state index is 11.7. The molecule has 0 bridgehead atoms. The Hall–Kier alpha value is -1.85. The van der Waals surface area contributed by atoms with Gasteiger partial charge >= 0.3 is 5.97 Å². The quantitative estimate of drug-likeness (QED) is 0.748. The van der Waals surface area contributed by atoms with Crippen LogP contribution >= 0.6 is 0 Å². The molecule has 1 aliphatic rings. The van der Waals surface area contributed by atoms with E-state index in [9.17, 15) is 14.7 Å². The number of aromatic nitrogens is 2. The highest BCUT2D eigenvalue weighted by Gasteiger charge is 2.39. The fraction of sp³-hybridized carbons (Fsp3) is 0.583. The first-order valence-corrected chi connectivity index (χ1v) is 6.15. The largest absolute Gasteiger partial charge is 0.481 e. The predicted molar refractivity (Wildman–Crippen MR) is 64.1 cm³/mol. The average Bonchev–Trinajstić information content (AvgIpc) is 2.91. The highest BCUT2D eigenvalue weighted by molar-refractivity contribution is 5.92. The fourth-order valence-electron chi connectivity index (χ4n) is 2.42. The van der Waals surface area contributed by atoms with Gasteiger partial charge in [0.15, 0.2) is 0 Å². The smallest absolute Gasteiger partial charge is 0.311 e. The number of carbonyl (C=O) groups excluding carboxylic acids is 1. The second-order valence-corrected chi connectivity index (χ2v) is 4.80. The van der Waals surface area contributed by atoms with Crippen molar-refractivity contribution in [2.45, 2.75) is 32.1 Å². The monoisotopic (exact) mass is 251 g/mol. The number of rotatable bonds is 4. The lowest BCUT2D eigenvalue weighted by molar-refractivity contribution is -0.150. The summed E-state index contributed by atoms with van der Waals surface area (Å²) in [7, 11) is 0. The number of H-pyrrole nitrogens is 1. The number of aliphatic carboxylic acids is 1. The molecule has 3 N–H and O–H groups in total. The van der Waals surface area contributed by atoms with E-state index in [0.29, 0.717) is 18.5 Å². The first-order chi connectivity index (χ1) is 8.64. The topological polar surface area (TPSA) is 95.1 Å². The molecule has 1 aromatic heterocycles. The van der Waals surface area contributed by atoms with Crippen LogP contribution in [0.2, 0.25) is 0 Å². The van der Waals surface area contributed by atoms with Crippen molar-refractivity contribution < 1.29 is 14.7 Å². The minimum absolute atomic E-state index is 0.181. The molecule has 0 saturated heterocycles. The minimum Gasteiger partial charge on any atom is -0.481 e. The molecule has 0 spiro atoms. The van der Waals surface area contributed by atoms with E-state index in [1.807, 2.05) is 0 Å². The Morgan fingerprint density at radius 1 is 1.39 bits per heavy atom. The highest BCUT2D eigenvalue weighted by Crippen LogP contribution is 2.36. The summed E-state index contributed by atoms with van der Waals surface area (Å²) in [5.41, 5.74) is -0.445. The first kappa shape index (κ1) is 12.6. The number of hydrogen-bond acceptors (Lipinski definition) is 3. The van der Waals surface area contributed by atoms with E-state index in [2.05, 4.69) is 15.5 Å². The molecule has 1 saturated carbocycles. The predicted octanol–water partition coefficient (Wildman–Crippen LogP) is 1.17. The molecule has 98 valence electrons. The zero-order valence-electron chi connectivity index (χ0n) is 10.1. The molecule has 1 fully saturated rings. The molecule has 1 aromatic rings. The lowest BCUT2D eigenvalue weighted by Crippen LogP contribution is -2.44. The maximum Gasteiger partial charge on any atom is 0.311 e. The molecule has 6 nitrogen and oxygen atoms in total. The summed E-state index contributed by atoms with van der Waals surface area (Å²) in [6, 6.07) is 1.56. The Morgan fingerprint density at radius 3 is 2.67 bits per heavy atom. The highest BCUT2D eigenvalue weighted by atomic mass is 16.4. The molecule has 1 aliphatic carbocycles. The van der Waals surface area contributed by atoms with Crippen LogP contribution in [-0.4, -0.2) is 33.7 Å². The van der Waals surface area contributed by atoms with Crippen molar-refractivity contribution >= 4 is 11.9 Å². The van der Waals surface area contributed by atoms with E-state index in [0.717, 1.165) is 19.3 Å². The molecule has 1 heterocycles. The van der Waals surface area contributed by atoms with Crippen LogP contribution in [0.5, 0.6) is 0 Å². The van der Waals surface area contributed by atoms with Gasteiger partial charge in [-0.15, -0.1) is 0 Å². The molecule has 0 radical (unpaired) electrons. The molecule has 0 unspecified atom stereocenters. The van der Waals surface area contributed by atoms with Crippen molar-refractivity contribution in [1.82, 2.24) is 15.5 Å². The summed E-state index contributed by atoms with van der Waals surface area (Å²) in [5, 5.41) is 18.3. The number of amides is 1. The van der Waals surface area contributed by atoms with E-state index < -0.39 is 11.4 Å². The second-order valence-electron chi connectivity index (χ2n) is 4.80. The van der Waals surface area contributed by atoms with Crippen LogP contribution < -0.4 is 5.32 Å². The lowest BCUT2D eigenvalue weighted by atomic mass is 9.74. The van der Waals surface area contributed by atoms with Crippen LogP contribution in [0.25, 0.3) is 0 Å². The summed E-state index contributed by atoms with van der Waals surface area (Å²) >= 11 is 0. The van der Waals surface area contributed by atoms with Gasteiger partial charge in [-0.05, 0) is 18.9 Å². The van der Waals surface area contributed by atoms with Gasteiger partial charge in [0.1, 0.15) is 5.69 Å². The number of nitrogens with one attached hydrogen (secondary N) is 2. The number of nitrogens with zero attached hydrogens (tertiary/aromatic N) is 1. The van der Waals surface area contributed by atoms with Gasteiger partial charge in [0, 0.05) is 12.7 Å². The molecule has 1 amide bonds. The van der Waals surface area contributed by atoms with Gasteiger partial charge in [-0.2, -0.15) is 5.10 Å². The summed E-state index contributed by atoms with van der Waals surface area (Å²) in [5.74, 6) is -1.12. The van der Waals surface area contributed by atoms with E-state index in [-0.39, 0.29) is 12.5 Å². The van der Waals surface area contributed by atoms with E-state index in [1.165, 1.54) is 6.20 Å². The van der Waals surface area contributed by atoms with Gasteiger partial charge in [0.2, 0.25) is 0 Å². The molecule has 6 heteroatoms. The summed E-state index contributed by atoms with van der Waals surface area (Å²) in [6.45, 7) is 0.181. The van der Waals surface area contributed by atoms with Crippen LogP contribution in [0.1, 0.15) is 42.6 Å². The number of carboxylic acid groups (broad SMARTS) is 1. The Labute approximate surface area is 105 Å². The van der Waals surface area contributed by atoms with Gasteiger partial charge in [0.05, 0.1) is 5.41 Å². The number of aromatic amines is 1. The third-order valence-electron chi connectivity index (χ3n) is 3.60. The van der Waals surface area contributed by atoms with Crippen LogP contribution in [0.3, 0.4) is 0 Å². The van der Waals surface area contributed by atoms with Crippen LogP contribution in [0.15, 0.2) is 12.3 Å². The lowest BCUT2D eigenvalue weighted by Gasteiger charge is -2.33. The SMILES string of the molecule is O=C(NCC1(C(=O)O)CCCCC1)c1ccn[nH]1. The van der Waals surface area contributed by atoms with Gasteiger partial charge in [-0.1, -0.05) is 19.3 Å². The third kappa shape index (κ3) is 2.52. The van der Waals surface area contributed by atoms with Crippen molar-refractivity contribution in [3.8, 4) is 0 Å². The Morgan fingerprint density at radius 2 is 2.11 bits per heavy atom. The van der Waals surface area contributed by atoms with Gasteiger partial charge in [-0.25, -0.2) is 0 Å². The summed E-state index contributed by atoms with van der Waals surface area (Å²) in [4.78, 5) is 23.1. The molecular formula is C12H17N3O3. The van der Waals surface area contributed by atoms with Gasteiger partial charge < -0.3 is 10.4 Å². The molecule has 0 aliphatic heterocycles. The van der Waals surface area contributed by atoms with Crippen molar-refractivity contribution in [2.24, 2.45) is 5.41 Å². The zero-order valence-corrected chi connectivity index (χ0v) is 10.1. The Balaban J connectivity index is 1.98. The van der Waals surface area contributed by atoms with E-state index in [1.54, 1.807) is 6.07 Å². The molecule has 2 rings (SSSR count). The van der Waals surface area contributed by atoms with E-state index >= 15 is 0 Å². The van der Waals surface area contributed by atoms with Crippen LogP contribution in [-0.2, 0) is 4.79 Å². The Kier molecular flexibility index (Phi) is 3.64. The van der Waals surface area contributed by atoms with Crippen LogP contribution in [0, 0.1) is 5.41 Å². The zero-order chi connectivity index (χ0) is 13.0. The second kappa shape index (κ2) is 5.20. The summed E-state index contributed by atoms with van der Waals surface area (Å²) < 4.78 is 0. The average molecular weight is 251 g/mol. The van der Waals surface area contributed by atoms with Crippen molar-refractivity contribution in [3.63, 3.8) is 0 Å². The molecular weight excluding hydrogens is 234 g/mol. The van der Waals surface area contributed by atoms with E-state index in [4.69, 9.17) is 0 Å². The first-order valence-electron chi connectivity index (χ1n) is 6.15. The van der Waals surface area contributed by atoms with Crippen LogP contribution in [0.4, 0.5) is 0 Å². The standard InChI is InChI=1S/C12H17N3O3/c16-10(9-4-7-14-15-9)13-8-12(11(17)18)5-2-1-3-6-12/h4,7H,1-3,5-6,8H2,(H,13,16)(H,14,15)(H,17,18). The molecule has 0 aromatic carbocycles. The third-order valence-corrected chi connectivity index (χ3v) is 3.60. The minimum atomic E-state index is -0.813. The number of carboxylic acids is 1. The van der Waals surface area contributed by atoms with Gasteiger partial charge in [-0.3, -0.25) is 14.7 Å². The fourth-order valence-corrected chi connectivity index (χ4v) is 2.42. The normalized spacial score (nSPS) is 18.2. The molecule has 18 heavy (non-hydrogen) atoms. The number of carbonyl (C=O) groups is 2. The van der Waals surface area contributed by atoms with Crippen molar-refractivity contribution in [2.75, 3.05) is 6.54 Å².